The summed E-state index contributed by atoms with van der Waals surface area (Å²) in [5.41, 5.74) is 13.1. The number of halogens is 3. The first-order valence-corrected chi connectivity index (χ1v) is 12.0. The molecule has 3 aromatic rings. The summed E-state index contributed by atoms with van der Waals surface area (Å²) in [6, 6.07) is 15.6. The second kappa shape index (κ2) is 13.3. The fourth-order valence-corrected chi connectivity index (χ4v) is 8.39. The van der Waals surface area contributed by atoms with Crippen molar-refractivity contribution in [1.29, 1.82) is 0 Å². The number of rotatable bonds is 4. The van der Waals surface area contributed by atoms with Crippen LogP contribution in [0, 0.1) is 55.4 Å². The van der Waals surface area contributed by atoms with Crippen LogP contribution in [0.2, 0.25) is 0 Å². The minimum absolute atomic E-state index is 0. The van der Waals surface area contributed by atoms with Gasteiger partial charge in [-0.15, -0.1) is 0 Å². The fraction of sp³-hybridized carbons (Fsp3) is 0.346. The van der Waals surface area contributed by atoms with Gasteiger partial charge in [-0.05, 0) is 27.7 Å². The first kappa shape index (κ1) is 32.8. The van der Waals surface area contributed by atoms with Gasteiger partial charge in [0.25, 0.3) is 0 Å². The summed E-state index contributed by atoms with van der Waals surface area (Å²) in [6.45, 7) is 18.1. The zero-order chi connectivity index (χ0) is 19.9. The first-order valence-electron chi connectivity index (χ1n) is 10.1. The Bertz CT molecular complexity index is 891. The van der Waals surface area contributed by atoms with E-state index in [0.29, 0.717) is 0 Å². The molecule has 31 heavy (non-hydrogen) atoms. The van der Waals surface area contributed by atoms with Gasteiger partial charge in [-0.1, -0.05) is 103 Å². The summed E-state index contributed by atoms with van der Waals surface area (Å²) in [5, 5.41) is 3.15. The summed E-state index contributed by atoms with van der Waals surface area (Å²) < 4.78 is 0. The van der Waals surface area contributed by atoms with Crippen LogP contribution in [0.5, 0.6) is 0 Å². The maximum atomic E-state index is 2.44. The minimum Gasteiger partial charge on any atom is -1.00 e. The van der Waals surface area contributed by atoms with Gasteiger partial charge in [0.15, 0.2) is 0 Å². The molecule has 0 aromatic heterocycles. The molecule has 0 radical (unpaired) electrons. The maximum absolute atomic E-state index is 2.44. The maximum Gasteiger partial charge on any atom is 4.00 e. The monoisotopic (exact) mass is 526 g/mol. The van der Waals surface area contributed by atoms with Crippen LogP contribution in [-0.4, -0.2) is 8.80 Å². The third-order valence-electron chi connectivity index (χ3n) is 6.29. The topological polar surface area (TPSA) is 0 Å². The van der Waals surface area contributed by atoms with Gasteiger partial charge >= 0.3 is 21.7 Å². The number of hydrogen-bond acceptors (Lipinski definition) is 0. The van der Waals surface area contributed by atoms with Gasteiger partial charge in [0.2, 0.25) is 0 Å². The van der Waals surface area contributed by atoms with Gasteiger partial charge in [0.1, 0.15) is 0 Å². The van der Waals surface area contributed by atoms with Crippen molar-refractivity contribution in [3.8, 4) is 0 Å². The van der Waals surface area contributed by atoms with Crippen LogP contribution in [-0.2, 0) is 27.8 Å². The van der Waals surface area contributed by atoms with E-state index >= 15 is 0 Å². The van der Waals surface area contributed by atoms with Crippen LogP contribution in [0.1, 0.15) is 50.1 Å². The van der Waals surface area contributed by atoms with Gasteiger partial charge in [-0.2, -0.15) is 27.8 Å². The van der Waals surface area contributed by atoms with Crippen LogP contribution in [0.4, 0.5) is 0 Å². The van der Waals surface area contributed by atoms with Crippen LogP contribution in [0.15, 0.2) is 36.4 Å². The minimum atomic E-state index is -1.35. The van der Waals surface area contributed by atoms with Crippen molar-refractivity contribution in [2.45, 2.75) is 61.4 Å². The number of benzene rings is 2. The molecule has 0 N–H and O–H groups in total. The van der Waals surface area contributed by atoms with E-state index in [1.165, 1.54) is 50.6 Å². The van der Waals surface area contributed by atoms with Crippen LogP contribution in [0.3, 0.4) is 0 Å². The standard InChI is InChI=1S/C26H33Si.3ClH.Ti/c1-16-9-17(2)12-24(11-16)27(25-13-18(3)10-19(4)14-25)15-26-22(7)20(5)21(6)23(26)8;;;;/h9-14,27H,15H2,1-8H3;3*1H;/q-1;;;;+4/p-3. The average molecular weight is 528 g/mol. The van der Waals surface area contributed by atoms with Crippen molar-refractivity contribution in [2.75, 3.05) is 0 Å². The van der Waals surface area contributed by atoms with E-state index in [2.05, 4.69) is 91.8 Å². The normalized spacial score (nSPS) is 9.97. The summed E-state index contributed by atoms with van der Waals surface area (Å²) in [7, 11) is -1.35. The Hall–Kier alpha value is -0.409. The Morgan fingerprint density at radius 3 is 1.13 bits per heavy atom. The zero-order valence-electron chi connectivity index (χ0n) is 19.9. The molecule has 0 bridgehead atoms. The van der Waals surface area contributed by atoms with E-state index in [1.54, 1.807) is 15.9 Å². The van der Waals surface area contributed by atoms with Crippen molar-refractivity contribution < 1.29 is 58.9 Å². The van der Waals surface area contributed by atoms with Crippen molar-refractivity contribution in [3.05, 3.63) is 86.5 Å². The Morgan fingerprint density at radius 2 is 0.839 bits per heavy atom. The Morgan fingerprint density at radius 1 is 0.548 bits per heavy atom. The molecule has 0 heterocycles. The summed E-state index contributed by atoms with van der Waals surface area (Å²) in [6.07, 6.45) is 0. The van der Waals surface area contributed by atoms with Gasteiger partial charge in [0, 0.05) is 0 Å². The largest absolute Gasteiger partial charge is 4.00 e. The summed E-state index contributed by atoms with van der Waals surface area (Å²) in [5.74, 6) is 0. The molecule has 0 aliphatic carbocycles. The molecule has 0 unspecified atom stereocenters. The molecule has 0 amide bonds. The molecule has 5 heteroatoms. The van der Waals surface area contributed by atoms with Crippen molar-refractivity contribution in [2.24, 2.45) is 0 Å². The van der Waals surface area contributed by atoms with E-state index in [1.807, 2.05) is 0 Å². The third-order valence-corrected chi connectivity index (χ3v) is 9.39. The second-order valence-corrected chi connectivity index (χ2v) is 11.4. The van der Waals surface area contributed by atoms with Gasteiger partial charge in [-0.3, -0.25) is 0 Å². The second-order valence-electron chi connectivity index (χ2n) is 8.58. The van der Waals surface area contributed by atoms with E-state index in [4.69, 9.17) is 0 Å². The van der Waals surface area contributed by atoms with Crippen LogP contribution in [0.25, 0.3) is 0 Å². The molecule has 0 saturated carbocycles. The molecule has 0 aliphatic rings. The van der Waals surface area contributed by atoms with Crippen molar-refractivity contribution in [3.63, 3.8) is 0 Å². The van der Waals surface area contributed by atoms with E-state index in [-0.39, 0.29) is 58.9 Å². The Labute approximate surface area is 224 Å². The van der Waals surface area contributed by atoms with Crippen LogP contribution < -0.4 is 47.6 Å². The molecule has 3 aromatic carbocycles. The molecular weight excluding hydrogens is 495 g/mol. The fourth-order valence-electron chi connectivity index (χ4n) is 4.66. The molecule has 0 atom stereocenters. The predicted molar refractivity (Wildman–Crippen MR) is 123 cm³/mol. The van der Waals surface area contributed by atoms with Gasteiger partial charge in [-0.25, -0.2) is 0 Å². The molecule has 166 valence electrons. The van der Waals surface area contributed by atoms with Gasteiger partial charge < -0.3 is 37.2 Å². The van der Waals surface area contributed by atoms with Gasteiger partial charge in [0.05, 0.1) is 8.80 Å². The molecule has 0 fully saturated rings. The van der Waals surface area contributed by atoms with E-state index in [9.17, 15) is 0 Å². The predicted octanol–water partition coefficient (Wildman–Crippen LogP) is -3.99. The smallest absolute Gasteiger partial charge is 1.00 e. The van der Waals surface area contributed by atoms with Crippen molar-refractivity contribution in [1.82, 2.24) is 0 Å². The summed E-state index contributed by atoms with van der Waals surface area (Å²) >= 11 is 0. The zero-order valence-corrected chi connectivity index (χ0v) is 24.9. The van der Waals surface area contributed by atoms with E-state index < -0.39 is 8.80 Å². The Kier molecular flexibility index (Phi) is 14.1. The molecule has 0 spiro atoms. The Balaban J connectivity index is 0. The molecule has 0 saturated heterocycles. The van der Waals surface area contributed by atoms with E-state index in [0.717, 1.165) is 0 Å². The molecule has 3 rings (SSSR count). The third kappa shape index (κ3) is 7.29. The molecular formula is C26H33Cl3SiTi. The summed E-state index contributed by atoms with van der Waals surface area (Å²) in [4.78, 5) is 0. The number of aryl methyl sites for hydroxylation is 4. The van der Waals surface area contributed by atoms with Crippen molar-refractivity contribution >= 4 is 19.2 Å². The van der Waals surface area contributed by atoms with Crippen LogP contribution >= 0.6 is 0 Å². The molecule has 0 aliphatic heterocycles. The number of hydrogen-bond donors (Lipinski definition) is 0. The quantitative estimate of drug-likeness (QED) is 0.240. The average Bonchev–Trinajstić information content (AvgIpc) is 2.75. The first-order chi connectivity index (χ1) is 12.7. The molecule has 0 nitrogen and oxygen atoms in total. The SMILES string of the molecule is Cc1cc(C)cc([SiH](C[c-]2c(C)c(C)c(C)c2C)c2cc(C)cc(C)c2)c1.[Cl-].[Cl-].[Cl-].[Ti+4].